The summed E-state index contributed by atoms with van der Waals surface area (Å²) in [5, 5.41) is 22.5. The summed E-state index contributed by atoms with van der Waals surface area (Å²) >= 11 is 0. The number of aromatic nitrogens is 2. The van der Waals surface area contributed by atoms with E-state index in [1.165, 1.54) is 4.90 Å². The number of hydrogen-bond donors (Lipinski definition) is 2. The van der Waals surface area contributed by atoms with E-state index < -0.39 is 6.35 Å². The number of imidazole rings is 1. The first kappa shape index (κ1) is 16.6. The van der Waals surface area contributed by atoms with Crippen LogP contribution in [0.2, 0.25) is 0 Å². The molecule has 0 saturated heterocycles. The highest BCUT2D eigenvalue weighted by Gasteiger charge is 2.39. The maximum Gasteiger partial charge on any atom is 0.277 e. The molecular weight excluding hydrogens is 308 g/mol. The van der Waals surface area contributed by atoms with Crippen LogP contribution in [0.15, 0.2) is 0 Å². The topological polar surface area (TPSA) is 97.4 Å². The van der Waals surface area contributed by atoms with Crippen LogP contribution in [0.1, 0.15) is 43.1 Å². The molecule has 1 aromatic heterocycles. The Labute approximate surface area is 141 Å². The average Bonchev–Trinajstić information content (AvgIpc) is 2.98. The Bertz CT molecular complexity index is 664. The molecular formula is C16H24N6O2. The van der Waals surface area contributed by atoms with Crippen LogP contribution in [0.4, 0.5) is 11.8 Å². The summed E-state index contributed by atoms with van der Waals surface area (Å²) in [4.78, 5) is 20.5. The molecule has 130 valence electrons. The lowest BCUT2D eigenvalue weighted by Gasteiger charge is -2.38. The quantitative estimate of drug-likeness (QED) is 0.786. The van der Waals surface area contributed by atoms with Crippen LogP contribution >= 0.6 is 0 Å². The molecule has 1 aromatic rings. The lowest BCUT2D eigenvalue weighted by Crippen LogP contribution is -2.54. The lowest BCUT2D eigenvalue weighted by atomic mass is 10.1. The maximum absolute atomic E-state index is 12.9. The second kappa shape index (κ2) is 6.69. The van der Waals surface area contributed by atoms with Gasteiger partial charge in [0, 0.05) is 32.6 Å². The molecule has 0 bridgehead atoms. The van der Waals surface area contributed by atoms with Crippen LogP contribution in [0, 0.1) is 17.2 Å². The highest BCUT2D eigenvalue weighted by Crippen LogP contribution is 2.32. The van der Waals surface area contributed by atoms with Crippen molar-refractivity contribution in [2.24, 2.45) is 5.92 Å². The van der Waals surface area contributed by atoms with E-state index in [9.17, 15) is 9.90 Å². The number of hydrogen-bond acceptors (Lipinski definition) is 6. The smallest absolute Gasteiger partial charge is 0.277 e. The number of aliphatic hydroxyl groups is 1. The minimum atomic E-state index is -1.00. The minimum absolute atomic E-state index is 0.0224. The fourth-order valence-corrected chi connectivity index (χ4v) is 3.26. The molecule has 8 heteroatoms. The molecule has 24 heavy (non-hydrogen) atoms. The third-order valence-electron chi connectivity index (χ3n) is 4.72. The molecule has 2 atom stereocenters. The van der Waals surface area contributed by atoms with E-state index in [0.29, 0.717) is 24.0 Å². The van der Waals surface area contributed by atoms with Crippen molar-refractivity contribution in [3.8, 4) is 6.07 Å². The van der Waals surface area contributed by atoms with Gasteiger partial charge in [-0.2, -0.15) is 10.2 Å². The number of carbonyl (C=O) groups excluding carboxylic acids is 1. The number of carbonyl (C=O) groups is 1. The SMILES string of the molecule is C[C@@H](C#N)CCCCN1C(=O)c2c(nc3n2CCCN3)N(C)C1O. The zero-order valence-corrected chi connectivity index (χ0v) is 14.2. The second-order valence-corrected chi connectivity index (χ2v) is 6.52. The zero-order chi connectivity index (χ0) is 17.3. The molecule has 2 aliphatic heterocycles. The van der Waals surface area contributed by atoms with Crippen molar-refractivity contribution in [1.82, 2.24) is 14.5 Å². The van der Waals surface area contributed by atoms with Crippen LogP contribution in [-0.4, -0.2) is 52.0 Å². The third-order valence-corrected chi connectivity index (χ3v) is 4.72. The molecule has 0 fully saturated rings. The molecule has 0 spiro atoms. The van der Waals surface area contributed by atoms with E-state index >= 15 is 0 Å². The number of anilines is 2. The Hall–Kier alpha value is -2.27. The van der Waals surface area contributed by atoms with Crippen molar-refractivity contribution >= 4 is 17.7 Å². The van der Waals surface area contributed by atoms with E-state index in [2.05, 4.69) is 16.4 Å². The predicted molar refractivity (Wildman–Crippen MR) is 89.4 cm³/mol. The fraction of sp³-hybridized carbons (Fsp3) is 0.688. The van der Waals surface area contributed by atoms with Crippen molar-refractivity contribution < 1.29 is 9.90 Å². The molecule has 8 nitrogen and oxygen atoms in total. The van der Waals surface area contributed by atoms with Crippen molar-refractivity contribution in [1.29, 1.82) is 5.26 Å². The number of nitrogens with zero attached hydrogens (tertiary/aromatic N) is 5. The summed E-state index contributed by atoms with van der Waals surface area (Å²) in [5.41, 5.74) is 0.551. The number of amides is 1. The molecule has 2 N–H and O–H groups in total. The number of fused-ring (bicyclic) bond motifs is 3. The Morgan fingerprint density at radius 2 is 2.29 bits per heavy atom. The summed E-state index contributed by atoms with van der Waals surface area (Å²) in [6.45, 7) is 3.97. The van der Waals surface area contributed by atoms with Gasteiger partial charge in [0.05, 0.1) is 6.07 Å². The van der Waals surface area contributed by atoms with Gasteiger partial charge in [0.2, 0.25) is 12.3 Å². The van der Waals surface area contributed by atoms with E-state index in [-0.39, 0.29) is 11.8 Å². The van der Waals surface area contributed by atoms with Gasteiger partial charge in [0.15, 0.2) is 11.5 Å². The minimum Gasteiger partial charge on any atom is -0.356 e. The standard InChI is InChI=1S/C16H24N6O2/c1-11(10-17)6-3-4-8-22-14(23)12-13(20(2)16(22)24)19-15-18-7-5-9-21(12)15/h11,16,24H,3-9H2,1-2H3,(H,18,19)/t11-,16?/m1/s1. The Kier molecular flexibility index (Phi) is 4.62. The van der Waals surface area contributed by atoms with Crippen molar-refractivity contribution in [3.05, 3.63) is 5.69 Å². The first-order valence-electron chi connectivity index (χ1n) is 8.50. The average molecular weight is 332 g/mol. The van der Waals surface area contributed by atoms with Crippen LogP contribution in [0.3, 0.4) is 0 Å². The highest BCUT2D eigenvalue weighted by atomic mass is 16.3. The number of unbranched alkanes of at least 4 members (excludes halogenated alkanes) is 1. The summed E-state index contributed by atoms with van der Waals surface area (Å²) < 4.78 is 1.91. The summed E-state index contributed by atoms with van der Waals surface area (Å²) in [5.74, 6) is 1.08. The molecule has 0 aliphatic carbocycles. The van der Waals surface area contributed by atoms with Crippen molar-refractivity contribution in [3.63, 3.8) is 0 Å². The summed E-state index contributed by atoms with van der Waals surface area (Å²) in [6, 6.07) is 2.21. The number of nitrogens with one attached hydrogen (secondary N) is 1. The Morgan fingerprint density at radius 1 is 1.50 bits per heavy atom. The maximum atomic E-state index is 12.9. The molecule has 3 heterocycles. The van der Waals surface area contributed by atoms with Gasteiger partial charge in [-0.05, 0) is 26.2 Å². The third kappa shape index (κ3) is 2.80. The highest BCUT2D eigenvalue weighted by molar-refractivity contribution is 6.00. The van der Waals surface area contributed by atoms with E-state index in [4.69, 9.17) is 5.26 Å². The van der Waals surface area contributed by atoms with Gasteiger partial charge in [-0.1, -0.05) is 6.42 Å². The normalized spacial score (nSPS) is 20.9. The van der Waals surface area contributed by atoms with Gasteiger partial charge in [-0.3, -0.25) is 9.69 Å². The number of rotatable bonds is 5. The van der Waals surface area contributed by atoms with Gasteiger partial charge in [0.25, 0.3) is 5.91 Å². The molecule has 2 aliphatic rings. The van der Waals surface area contributed by atoms with Crippen LogP contribution < -0.4 is 10.2 Å². The first-order chi connectivity index (χ1) is 11.5. The predicted octanol–water partition coefficient (Wildman–Crippen LogP) is 1.20. The summed E-state index contributed by atoms with van der Waals surface area (Å²) in [6.07, 6.45) is 2.36. The molecule has 0 radical (unpaired) electrons. The van der Waals surface area contributed by atoms with Gasteiger partial charge in [-0.15, -0.1) is 0 Å². The molecule has 1 amide bonds. The number of nitriles is 1. The molecule has 3 rings (SSSR count). The van der Waals surface area contributed by atoms with E-state index in [1.807, 2.05) is 11.5 Å². The monoisotopic (exact) mass is 332 g/mol. The first-order valence-corrected chi connectivity index (χ1v) is 8.50. The summed E-state index contributed by atoms with van der Waals surface area (Å²) in [7, 11) is 1.75. The molecule has 0 saturated carbocycles. The van der Waals surface area contributed by atoms with Crippen LogP contribution in [-0.2, 0) is 6.54 Å². The lowest BCUT2D eigenvalue weighted by molar-refractivity contribution is 0.00233. The second-order valence-electron chi connectivity index (χ2n) is 6.52. The van der Waals surface area contributed by atoms with Crippen LogP contribution in [0.5, 0.6) is 0 Å². The van der Waals surface area contributed by atoms with Gasteiger partial charge in [-0.25, -0.2) is 0 Å². The molecule has 0 aromatic carbocycles. The van der Waals surface area contributed by atoms with E-state index in [0.717, 1.165) is 38.8 Å². The zero-order valence-electron chi connectivity index (χ0n) is 14.2. The molecule has 1 unspecified atom stereocenters. The fourth-order valence-electron chi connectivity index (χ4n) is 3.26. The van der Waals surface area contributed by atoms with E-state index in [1.54, 1.807) is 11.9 Å². The largest absolute Gasteiger partial charge is 0.356 e. The Balaban J connectivity index is 1.75. The van der Waals surface area contributed by atoms with Crippen molar-refractivity contribution in [2.75, 3.05) is 30.4 Å². The number of aliphatic hydroxyl groups excluding tert-OH is 1. The van der Waals surface area contributed by atoms with Gasteiger partial charge >= 0.3 is 0 Å². The van der Waals surface area contributed by atoms with Crippen LogP contribution in [0.25, 0.3) is 0 Å². The Morgan fingerprint density at radius 3 is 3.04 bits per heavy atom. The van der Waals surface area contributed by atoms with Gasteiger partial charge in [0.1, 0.15) is 0 Å². The van der Waals surface area contributed by atoms with Gasteiger partial charge < -0.3 is 19.9 Å². The van der Waals surface area contributed by atoms with Crippen molar-refractivity contribution in [2.45, 2.75) is 45.5 Å².